The Kier molecular flexibility index (Phi) is 4.76. The molecule has 7 nitrogen and oxygen atoms in total. The molecular weight excluding hydrogens is 383 g/mol. The molecule has 0 bridgehead atoms. The number of carbonyl (C=O) groups is 3. The molecule has 0 aliphatic carbocycles. The zero-order chi connectivity index (χ0) is 19.0. The van der Waals surface area contributed by atoms with Crippen LogP contribution in [0.15, 0.2) is 36.4 Å². The molecule has 2 amide bonds. The number of carboxylic acids is 1. The van der Waals surface area contributed by atoms with E-state index in [1.54, 1.807) is 12.1 Å². The number of hydrogen-bond donors (Lipinski definition) is 3. The molecule has 26 heavy (non-hydrogen) atoms. The highest BCUT2D eigenvalue weighted by molar-refractivity contribution is 6.36. The van der Waals surface area contributed by atoms with Gasteiger partial charge in [-0.15, -0.1) is 0 Å². The number of aromatic carboxylic acids is 1. The monoisotopic (exact) mass is 394 g/mol. The largest absolute Gasteiger partial charge is 0.507 e. The summed E-state index contributed by atoms with van der Waals surface area (Å²) in [5.74, 6) is -2.88. The molecule has 0 aromatic heterocycles. The van der Waals surface area contributed by atoms with Crippen LogP contribution in [0.4, 0.5) is 11.4 Å². The van der Waals surface area contributed by atoms with E-state index in [0.717, 1.165) is 17.0 Å². The van der Waals surface area contributed by atoms with Gasteiger partial charge in [0.1, 0.15) is 17.4 Å². The Morgan fingerprint density at radius 3 is 2.54 bits per heavy atom. The van der Waals surface area contributed by atoms with Crippen LogP contribution < -0.4 is 10.2 Å². The van der Waals surface area contributed by atoms with Crippen molar-refractivity contribution in [2.75, 3.05) is 10.2 Å². The minimum absolute atomic E-state index is 0.0710. The van der Waals surface area contributed by atoms with Crippen LogP contribution in [0.2, 0.25) is 10.0 Å². The van der Waals surface area contributed by atoms with Gasteiger partial charge in [0, 0.05) is 5.02 Å². The molecule has 9 heteroatoms. The number of aromatic hydroxyl groups is 1. The number of rotatable bonds is 4. The number of hydrogen-bond acceptors (Lipinski definition) is 5. The lowest BCUT2D eigenvalue weighted by molar-refractivity contribution is -0.121. The van der Waals surface area contributed by atoms with E-state index in [4.69, 9.17) is 28.3 Å². The van der Waals surface area contributed by atoms with Gasteiger partial charge in [0.25, 0.3) is 5.91 Å². The summed E-state index contributed by atoms with van der Waals surface area (Å²) < 4.78 is 0. The number of amides is 2. The van der Waals surface area contributed by atoms with E-state index in [-0.39, 0.29) is 12.1 Å². The fraction of sp³-hybridized carbons (Fsp3) is 0.118. The van der Waals surface area contributed by atoms with Crippen LogP contribution >= 0.6 is 23.2 Å². The predicted octanol–water partition coefficient (Wildman–Crippen LogP) is 3.14. The molecule has 1 atom stereocenters. The van der Waals surface area contributed by atoms with Crippen LogP contribution in [0.3, 0.4) is 0 Å². The first-order valence-electron chi connectivity index (χ1n) is 7.42. The number of carbonyl (C=O) groups excluding carboxylic acids is 2. The third kappa shape index (κ3) is 3.31. The second kappa shape index (κ2) is 6.86. The van der Waals surface area contributed by atoms with Crippen molar-refractivity contribution >= 4 is 52.4 Å². The van der Waals surface area contributed by atoms with Gasteiger partial charge in [-0.25, -0.2) is 9.69 Å². The van der Waals surface area contributed by atoms with Crippen LogP contribution in [0, 0.1) is 0 Å². The highest BCUT2D eigenvalue weighted by atomic mass is 35.5. The van der Waals surface area contributed by atoms with Crippen molar-refractivity contribution < 1.29 is 24.6 Å². The van der Waals surface area contributed by atoms with Gasteiger partial charge in [-0.3, -0.25) is 9.59 Å². The maximum Gasteiger partial charge on any atom is 0.339 e. The third-order valence-corrected chi connectivity index (χ3v) is 4.42. The number of phenols is 1. The van der Waals surface area contributed by atoms with Crippen LogP contribution in [-0.2, 0) is 9.59 Å². The molecular formula is C17H12Cl2N2O5. The molecule has 1 saturated heterocycles. The summed E-state index contributed by atoms with van der Waals surface area (Å²) in [6, 6.07) is 7.32. The number of anilines is 2. The first-order valence-corrected chi connectivity index (χ1v) is 8.18. The molecule has 2 aromatic rings. The number of carboxylic acid groups (broad SMARTS) is 1. The highest BCUT2D eigenvalue weighted by Crippen LogP contribution is 2.31. The first-order chi connectivity index (χ1) is 12.3. The second-order valence-electron chi connectivity index (χ2n) is 5.60. The molecule has 0 saturated carbocycles. The molecule has 3 N–H and O–H groups in total. The van der Waals surface area contributed by atoms with Crippen LogP contribution in [-0.4, -0.2) is 34.0 Å². The normalized spacial score (nSPS) is 16.8. The molecule has 1 heterocycles. The standard InChI is InChI=1S/C17H12Cl2N2O5/c18-8-1-3-12(11(19)5-8)20-13-7-15(23)21(16(13)24)9-2-4-14(22)10(6-9)17(25)26/h1-6,13,20,22H,7H2,(H,25,26). The minimum atomic E-state index is -1.37. The maximum atomic E-state index is 12.6. The van der Waals surface area contributed by atoms with E-state index in [9.17, 15) is 19.5 Å². The van der Waals surface area contributed by atoms with Crippen molar-refractivity contribution in [1.29, 1.82) is 0 Å². The lowest BCUT2D eigenvalue weighted by Gasteiger charge is -2.17. The summed E-state index contributed by atoms with van der Waals surface area (Å²) in [6.45, 7) is 0. The van der Waals surface area contributed by atoms with E-state index >= 15 is 0 Å². The van der Waals surface area contributed by atoms with Crippen molar-refractivity contribution in [1.82, 2.24) is 0 Å². The predicted molar refractivity (Wildman–Crippen MR) is 96.0 cm³/mol. The molecule has 0 spiro atoms. The van der Waals surface area contributed by atoms with E-state index in [1.165, 1.54) is 12.1 Å². The zero-order valence-corrected chi connectivity index (χ0v) is 14.6. The van der Waals surface area contributed by atoms with Gasteiger partial charge in [-0.05, 0) is 36.4 Å². The smallest absolute Gasteiger partial charge is 0.339 e. The molecule has 2 aromatic carbocycles. The third-order valence-electron chi connectivity index (χ3n) is 3.88. The quantitative estimate of drug-likeness (QED) is 0.687. The number of nitrogens with zero attached hydrogens (tertiary/aromatic N) is 1. The Morgan fingerprint density at radius 2 is 1.88 bits per heavy atom. The average Bonchev–Trinajstić information content (AvgIpc) is 2.84. The van der Waals surface area contributed by atoms with Crippen molar-refractivity contribution in [2.45, 2.75) is 12.5 Å². The molecule has 1 unspecified atom stereocenters. The summed E-state index contributed by atoms with van der Waals surface area (Å²) in [6.07, 6.45) is -0.124. The number of benzene rings is 2. The van der Waals surface area contributed by atoms with Crippen molar-refractivity contribution in [3.8, 4) is 5.75 Å². The summed E-state index contributed by atoms with van der Waals surface area (Å²) in [4.78, 5) is 36.9. The zero-order valence-electron chi connectivity index (χ0n) is 13.1. The van der Waals surface area contributed by atoms with Crippen molar-refractivity contribution in [3.63, 3.8) is 0 Å². The lowest BCUT2D eigenvalue weighted by atomic mass is 10.1. The number of imide groups is 1. The first kappa shape index (κ1) is 18.0. The Morgan fingerprint density at radius 1 is 1.15 bits per heavy atom. The molecule has 1 fully saturated rings. The Labute approximate surface area is 157 Å². The Bertz CT molecular complexity index is 931. The fourth-order valence-corrected chi connectivity index (χ4v) is 3.11. The van der Waals surface area contributed by atoms with E-state index in [0.29, 0.717) is 15.7 Å². The van der Waals surface area contributed by atoms with Gasteiger partial charge < -0.3 is 15.5 Å². The van der Waals surface area contributed by atoms with Gasteiger partial charge >= 0.3 is 5.97 Å². The van der Waals surface area contributed by atoms with Crippen molar-refractivity contribution in [3.05, 3.63) is 52.0 Å². The molecule has 3 rings (SSSR count). The number of nitrogens with one attached hydrogen (secondary N) is 1. The minimum Gasteiger partial charge on any atom is -0.507 e. The van der Waals surface area contributed by atoms with E-state index < -0.39 is 35.1 Å². The van der Waals surface area contributed by atoms with Gasteiger partial charge in [-0.1, -0.05) is 23.2 Å². The summed E-state index contributed by atoms with van der Waals surface area (Å²) in [5.41, 5.74) is 0.114. The SMILES string of the molecule is O=C(O)c1cc(N2C(=O)CC(Nc3ccc(Cl)cc3Cl)C2=O)ccc1O. The average molecular weight is 395 g/mol. The van der Waals surface area contributed by atoms with Gasteiger partial charge in [0.15, 0.2) is 0 Å². The highest BCUT2D eigenvalue weighted by Gasteiger charge is 2.40. The van der Waals surface area contributed by atoms with E-state index in [1.807, 2.05) is 0 Å². The van der Waals surface area contributed by atoms with Crippen LogP contribution in [0.25, 0.3) is 0 Å². The second-order valence-corrected chi connectivity index (χ2v) is 6.44. The summed E-state index contributed by atoms with van der Waals surface area (Å²) >= 11 is 11.9. The van der Waals surface area contributed by atoms with Crippen LogP contribution in [0.5, 0.6) is 5.75 Å². The fourth-order valence-electron chi connectivity index (χ4n) is 2.64. The lowest BCUT2D eigenvalue weighted by Crippen LogP contribution is -2.35. The molecule has 1 aliphatic rings. The topological polar surface area (TPSA) is 107 Å². The Balaban J connectivity index is 1.87. The Hall–Kier alpha value is -2.77. The number of halogens is 2. The van der Waals surface area contributed by atoms with Crippen molar-refractivity contribution in [2.24, 2.45) is 0 Å². The van der Waals surface area contributed by atoms with Gasteiger partial charge in [0.2, 0.25) is 5.91 Å². The van der Waals surface area contributed by atoms with Gasteiger partial charge in [0.05, 0.1) is 22.8 Å². The molecule has 134 valence electrons. The van der Waals surface area contributed by atoms with Gasteiger partial charge in [-0.2, -0.15) is 0 Å². The maximum absolute atomic E-state index is 12.6. The summed E-state index contributed by atoms with van der Waals surface area (Å²) in [7, 11) is 0. The summed E-state index contributed by atoms with van der Waals surface area (Å²) in [5, 5.41) is 22.3. The molecule has 0 radical (unpaired) electrons. The van der Waals surface area contributed by atoms with Crippen LogP contribution in [0.1, 0.15) is 16.8 Å². The van der Waals surface area contributed by atoms with E-state index in [2.05, 4.69) is 5.32 Å². The molecule has 1 aliphatic heterocycles.